The molecule has 0 saturated carbocycles. The van der Waals surface area contributed by atoms with Crippen LogP contribution >= 0.6 is 0 Å². The molecular formula is C12H13FN2O. The Kier molecular flexibility index (Phi) is 3.90. The van der Waals surface area contributed by atoms with Crippen molar-refractivity contribution < 1.29 is 9.18 Å². The third-order valence-electron chi connectivity index (χ3n) is 2.04. The van der Waals surface area contributed by atoms with Gasteiger partial charge in [0.15, 0.2) is 0 Å². The van der Waals surface area contributed by atoms with Crippen molar-refractivity contribution in [3.8, 4) is 12.3 Å². The first kappa shape index (κ1) is 12.1. The quantitative estimate of drug-likeness (QED) is 0.761. The second kappa shape index (κ2) is 5.17. The number of amides is 2. The maximum Gasteiger partial charge on any atom is 0.322 e. The van der Waals surface area contributed by atoms with Crippen molar-refractivity contribution in [1.29, 1.82) is 0 Å². The fourth-order valence-corrected chi connectivity index (χ4v) is 1.15. The third kappa shape index (κ3) is 2.99. The van der Waals surface area contributed by atoms with Crippen LogP contribution in [0.5, 0.6) is 0 Å². The lowest BCUT2D eigenvalue weighted by Crippen LogP contribution is -2.31. The van der Waals surface area contributed by atoms with E-state index in [0.29, 0.717) is 0 Å². The molecule has 0 spiro atoms. The lowest BCUT2D eigenvalue weighted by molar-refractivity contribution is 0.227. The van der Waals surface area contributed by atoms with E-state index in [0.717, 1.165) is 5.56 Å². The fourth-order valence-electron chi connectivity index (χ4n) is 1.15. The van der Waals surface area contributed by atoms with Gasteiger partial charge in [-0.25, -0.2) is 9.18 Å². The summed E-state index contributed by atoms with van der Waals surface area (Å²) in [4.78, 5) is 12.8. The summed E-state index contributed by atoms with van der Waals surface area (Å²) in [5.41, 5.74) is 1.03. The fraction of sp³-hybridized carbons (Fsp3) is 0.250. The molecule has 0 bridgehead atoms. The number of hydrogen-bond acceptors (Lipinski definition) is 1. The predicted octanol–water partition coefficient (Wildman–Crippen LogP) is 2.23. The lowest BCUT2D eigenvalue weighted by atomic mass is 10.2. The molecule has 0 aliphatic rings. The molecule has 16 heavy (non-hydrogen) atoms. The maximum absolute atomic E-state index is 13.3. The van der Waals surface area contributed by atoms with Crippen LogP contribution in [0.25, 0.3) is 0 Å². The van der Waals surface area contributed by atoms with E-state index in [2.05, 4.69) is 11.2 Å². The van der Waals surface area contributed by atoms with Crippen molar-refractivity contribution >= 4 is 11.7 Å². The number of benzene rings is 1. The highest BCUT2D eigenvalue weighted by molar-refractivity contribution is 5.89. The molecule has 1 rings (SSSR count). The molecule has 84 valence electrons. The number of nitrogens with one attached hydrogen (secondary N) is 1. The van der Waals surface area contributed by atoms with Gasteiger partial charge in [0.05, 0.1) is 12.2 Å². The highest BCUT2D eigenvalue weighted by atomic mass is 19.1. The first-order valence-corrected chi connectivity index (χ1v) is 4.76. The summed E-state index contributed by atoms with van der Waals surface area (Å²) in [5.74, 6) is 1.87. The molecule has 0 heterocycles. The van der Waals surface area contributed by atoms with Gasteiger partial charge in [-0.05, 0) is 24.6 Å². The average molecular weight is 220 g/mol. The number of carbonyl (C=O) groups excluding carboxylic acids is 1. The predicted molar refractivity (Wildman–Crippen MR) is 61.6 cm³/mol. The monoisotopic (exact) mass is 220 g/mol. The Hall–Kier alpha value is -2.02. The molecule has 0 aliphatic heterocycles. The lowest BCUT2D eigenvalue weighted by Gasteiger charge is -2.15. The molecule has 0 aliphatic carbocycles. The van der Waals surface area contributed by atoms with E-state index in [1.165, 1.54) is 11.0 Å². The van der Waals surface area contributed by atoms with Crippen LogP contribution < -0.4 is 5.32 Å². The number of terminal acetylenes is 1. The molecule has 0 radical (unpaired) electrons. The number of carbonyl (C=O) groups is 1. The second-order valence-electron chi connectivity index (χ2n) is 3.47. The minimum absolute atomic E-state index is 0.161. The van der Waals surface area contributed by atoms with Crippen LogP contribution in [0.15, 0.2) is 18.2 Å². The van der Waals surface area contributed by atoms with Crippen molar-refractivity contribution in [2.75, 3.05) is 18.9 Å². The third-order valence-corrected chi connectivity index (χ3v) is 2.04. The molecule has 3 nitrogen and oxygen atoms in total. The van der Waals surface area contributed by atoms with Crippen molar-refractivity contribution in [2.45, 2.75) is 6.92 Å². The zero-order valence-corrected chi connectivity index (χ0v) is 9.25. The molecule has 0 atom stereocenters. The Morgan fingerprint density at radius 3 is 2.94 bits per heavy atom. The van der Waals surface area contributed by atoms with Gasteiger partial charge < -0.3 is 10.2 Å². The van der Waals surface area contributed by atoms with Crippen LogP contribution in [-0.2, 0) is 0 Å². The minimum Gasteiger partial charge on any atom is -0.316 e. The largest absolute Gasteiger partial charge is 0.322 e. The molecule has 0 aromatic heterocycles. The number of aryl methyl sites for hydroxylation is 1. The first-order valence-electron chi connectivity index (χ1n) is 4.76. The zero-order valence-electron chi connectivity index (χ0n) is 9.25. The van der Waals surface area contributed by atoms with Crippen molar-refractivity contribution in [1.82, 2.24) is 4.90 Å². The van der Waals surface area contributed by atoms with Crippen LogP contribution in [0.4, 0.5) is 14.9 Å². The maximum atomic E-state index is 13.3. The molecule has 1 aromatic carbocycles. The van der Waals surface area contributed by atoms with Crippen LogP contribution in [0.1, 0.15) is 5.56 Å². The van der Waals surface area contributed by atoms with Crippen LogP contribution in [0.3, 0.4) is 0 Å². The van der Waals surface area contributed by atoms with E-state index < -0.39 is 11.8 Å². The summed E-state index contributed by atoms with van der Waals surface area (Å²) in [6.07, 6.45) is 5.07. The number of hydrogen-bond donors (Lipinski definition) is 1. The van der Waals surface area contributed by atoms with Crippen molar-refractivity contribution in [3.63, 3.8) is 0 Å². The molecule has 0 unspecified atom stereocenters. The molecular weight excluding hydrogens is 207 g/mol. The Bertz CT molecular complexity index is 437. The van der Waals surface area contributed by atoms with Gasteiger partial charge >= 0.3 is 6.03 Å². The minimum atomic E-state index is -0.465. The molecule has 1 N–H and O–H groups in total. The highest BCUT2D eigenvalue weighted by Gasteiger charge is 2.10. The van der Waals surface area contributed by atoms with Gasteiger partial charge in [0.25, 0.3) is 0 Å². The van der Waals surface area contributed by atoms with Gasteiger partial charge in [0.1, 0.15) is 5.82 Å². The first-order chi connectivity index (χ1) is 7.54. The van der Waals surface area contributed by atoms with E-state index in [-0.39, 0.29) is 12.2 Å². The van der Waals surface area contributed by atoms with Crippen molar-refractivity contribution in [3.05, 3.63) is 29.6 Å². The number of halogens is 1. The Morgan fingerprint density at radius 2 is 2.31 bits per heavy atom. The topological polar surface area (TPSA) is 32.3 Å². The standard InChI is InChI=1S/C12H13FN2O/c1-4-7-15(3)12(16)14-11-8-9(2)5-6-10(11)13/h1,5-6,8H,7H2,2-3H3,(H,14,16). The summed E-state index contributed by atoms with van der Waals surface area (Å²) in [6.45, 7) is 2.00. The number of anilines is 1. The van der Waals surface area contributed by atoms with Crippen LogP contribution in [0.2, 0.25) is 0 Å². The summed E-state index contributed by atoms with van der Waals surface area (Å²) in [6, 6.07) is 4.08. The van der Waals surface area contributed by atoms with Crippen LogP contribution in [-0.4, -0.2) is 24.5 Å². The summed E-state index contributed by atoms with van der Waals surface area (Å²) in [7, 11) is 1.54. The summed E-state index contributed by atoms with van der Waals surface area (Å²) >= 11 is 0. The van der Waals surface area contributed by atoms with Crippen molar-refractivity contribution in [2.24, 2.45) is 0 Å². The van der Waals surface area contributed by atoms with E-state index in [4.69, 9.17) is 6.42 Å². The number of nitrogens with zero attached hydrogens (tertiary/aromatic N) is 1. The molecule has 2 amide bonds. The van der Waals surface area contributed by atoms with E-state index in [1.807, 2.05) is 6.92 Å². The molecule has 0 saturated heterocycles. The highest BCUT2D eigenvalue weighted by Crippen LogP contribution is 2.15. The Labute approximate surface area is 94.3 Å². The second-order valence-corrected chi connectivity index (χ2v) is 3.47. The number of rotatable bonds is 2. The van der Waals surface area contributed by atoms with E-state index >= 15 is 0 Å². The summed E-state index contributed by atoms with van der Waals surface area (Å²) in [5, 5.41) is 2.45. The van der Waals surface area contributed by atoms with Gasteiger partial charge in [-0.2, -0.15) is 0 Å². The molecule has 1 aromatic rings. The van der Waals surface area contributed by atoms with Gasteiger partial charge in [-0.15, -0.1) is 6.42 Å². The van der Waals surface area contributed by atoms with Crippen LogP contribution in [0, 0.1) is 25.1 Å². The number of urea groups is 1. The molecule has 0 fully saturated rings. The van der Waals surface area contributed by atoms with Gasteiger partial charge in [-0.1, -0.05) is 12.0 Å². The Balaban J connectivity index is 2.77. The Morgan fingerprint density at radius 1 is 1.62 bits per heavy atom. The van der Waals surface area contributed by atoms with Gasteiger partial charge in [0, 0.05) is 7.05 Å². The van der Waals surface area contributed by atoms with Gasteiger partial charge in [-0.3, -0.25) is 0 Å². The van der Waals surface area contributed by atoms with E-state index in [9.17, 15) is 9.18 Å². The SMILES string of the molecule is C#CCN(C)C(=O)Nc1cc(C)ccc1F. The summed E-state index contributed by atoms with van der Waals surface area (Å²) < 4.78 is 13.3. The normalized spacial score (nSPS) is 9.38. The molecule has 4 heteroatoms. The zero-order chi connectivity index (χ0) is 12.1. The smallest absolute Gasteiger partial charge is 0.316 e. The van der Waals surface area contributed by atoms with E-state index in [1.54, 1.807) is 19.2 Å². The van der Waals surface area contributed by atoms with Gasteiger partial charge in [0.2, 0.25) is 0 Å². The average Bonchev–Trinajstić information content (AvgIpc) is 2.23.